The molecule has 16 heavy (non-hydrogen) atoms. The molecule has 5 heteroatoms. The van der Waals surface area contributed by atoms with Crippen molar-refractivity contribution in [3.63, 3.8) is 0 Å². The van der Waals surface area contributed by atoms with Crippen LogP contribution in [0, 0.1) is 0 Å². The second-order valence-corrected chi connectivity index (χ2v) is 3.45. The summed E-state index contributed by atoms with van der Waals surface area (Å²) in [4.78, 5) is 8.13. The van der Waals surface area contributed by atoms with Crippen LogP contribution in [0.5, 0.6) is 11.6 Å². The average Bonchev–Trinajstić information content (AvgIpc) is 2.33. The van der Waals surface area contributed by atoms with Crippen molar-refractivity contribution >= 4 is 11.6 Å². The SMILES string of the molecule is NCc1nccnc1Oc1ccccc1Cl. The maximum atomic E-state index is 5.97. The summed E-state index contributed by atoms with van der Waals surface area (Å²) in [6.45, 7) is 0.271. The van der Waals surface area contributed by atoms with Gasteiger partial charge in [-0.15, -0.1) is 0 Å². The summed E-state index contributed by atoms with van der Waals surface area (Å²) in [6, 6.07) is 7.17. The van der Waals surface area contributed by atoms with E-state index in [1.54, 1.807) is 24.5 Å². The Morgan fingerprint density at radius 1 is 1.19 bits per heavy atom. The van der Waals surface area contributed by atoms with Crippen molar-refractivity contribution in [2.45, 2.75) is 6.54 Å². The van der Waals surface area contributed by atoms with Crippen LogP contribution in [-0.2, 0) is 6.54 Å². The Morgan fingerprint density at radius 3 is 2.69 bits per heavy atom. The van der Waals surface area contributed by atoms with E-state index in [1.165, 1.54) is 0 Å². The molecule has 1 aromatic heterocycles. The quantitative estimate of drug-likeness (QED) is 0.887. The summed E-state index contributed by atoms with van der Waals surface area (Å²) in [5, 5.41) is 0.524. The second kappa shape index (κ2) is 4.92. The number of nitrogens with zero attached hydrogens (tertiary/aromatic N) is 2. The number of hydrogen-bond donors (Lipinski definition) is 1. The van der Waals surface area contributed by atoms with Gasteiger partial charge in [0.05, 0.1) is 5.02 Å². The molecule has 0 spiro atoms. The van der Waals surface area contributed by atoms with E-state index in [2.05, 4.69) is 9.97 Å². The molecule has 0 saturated carbocycles. The number of nitrogens with two attached hydrogens (primary N) is 1. The summed E-state index contributed by atoms with van der Waals surface area (Å²) < 4.78 is 5.55. The Kier molecular flexibility index (Phi) is 3.34. The molecule has 2 aromatic rings. The third kappa shape index (κ3) is 2.29. The first-order chi connectivity index (χ1) is 7.81. The number of ether oxygens (including phenoxy) is 1. The Hall–Kier alpha value is -1.65. The molecule has 82 valence electrons. The molecule has 0 fully saturated rings. The maximum Gasteiger partial charge on any atom is 0.242 e. The van der Waals surface area contributed by atoms with Gasteiger partial charge in [-0.05, 0) is 12.1 Å². The van der Waals surface area contributed by atoms with Crippen LogP contribution in [0.15, 0.2) is 36.7 Å². The first kappa shape index (κ1) is 10.9. The molecular weight excluding hydrogens is 226 g/mol. The smallest absolute Gasteiger partial charge is 0.242 e. The predicted molar refractivity (Wildman–Crippen MR) is 61.4 cm³/mol. The molecule has 0 radical (unpaired) electrons. The van der Waals surface area contributed by atoms with Crippen LogP contribution in [0.3, 0.4) is 0 Å². The van der Waals surface area contributed by atoms with E-state index in [-0.39, 0.29) is 6.54 Å². The topological polar surface area (TPSA) is 61.0 Å². The molecule has 0 unspecified atom stereocenters. The van der Waals surface area contributed by atoms with Crippen LogP contribution in [0.25, 0.3) is 0 Å². The second-order valence-electron chi connectivity index (χ2n) is 3.04. The number of halogens is 1. The summed E-state index contributed by atoms with van der Waals surface area (Å²) in [7, 11) is 0. The molecule has 0 amide bonds. The summed E-state index contributed by atoms with van der Waals surface area (Å²) in [6.07, 6.45) is 3.12. The maximum absolute atomic E-state index is 5.97. The predicted octanol–water partition coefficient (Wildman–Crippen LogP) is 2.38. The van der Waals surface area contributed by atoms with Gasteiger partial charge in [-0.2, -0.15) is 0 Å². The van der Waals surface area contributed by atoms with Gasteiger partial charge in [-0.3, -0.25) is 4.98 Å². The molecule has 0 saturated heterocycles. The number of benzene rings is 1. The highest BCUT2D eigenvalue weighted by Gasteiger charge is 2.07. The highest BCUT2D eigenvalue weighted by Crippen LogP contribution is 2.28. The van der Waals surface area contributed by atoms with E-state index in [9.17, 15) is 0 Å². The fourth-order valence-corrected chi connectivity index (χ4v) is 1.39. The lowest BCUT2D eigenvalue weighted by molar-refractivity contribution is 0.452. The monoisotopic (exact) mass is 235 g/mol. The zero-order chi connectivity index (χ0) is 11.4. The number of para-hydroxylation sites is 1. The van der Waals surface area contributed by atoms with Crippen molar-refractivity contribution in [1.82, 2.24) is 9.97 Å². The lowest BCUT2D eigenvalue weighted by Crippen LogP contribution is -2.03. The Bertz CT molecular complexity index is 490. The highest BCUT2D eigenvalue weighted by atomic mass is 35.5. The van der Waals surface area contributed by atoms with Crippen molar-refractivity contribution in [3.8, 4) is 11.6 Å². The van der Waals surface area contributed by atoms with Crippen LogP contribution in [0.2, 0.25) is 5.02 Å². The number of aromatic nitrogens is 2. The fraction of sp³-hybridized carbons (Fsp3) is 0.0909. The molecule has 0 aliphatic heterocycles. The minimum atomic E-state index is 0.271. The van der Waals surface area contributed by atoms with Gasteiger partial charge in [0, 0.05) is 18.9 Å². The van der Waals surface area contributed by atoms with Crippen LogP contribution >= 0.6 is 11.6 Å². The van der Waals surface area contributed by atoms with E-state index in [0.29, 0.717) is 22.3 Å². The Labute approximate surface area is 98.0 Å². The number of hydrogen-bond acceptors (Lipinski definition) is 4. The van der Waals surface area contributed by atoms with Gasteiger partial charge < -0.3 is 10.5 Å². The molecule has 2 N–H and O–H groups in total. The Morgan fingerprint density at radius 2 is 1.94 bits per heavy atom. The van der Waals surface area contributed by atoms with E-state index >= 15 is 0 Å². The van der Waals surface area contributed by atoms with Crippen molar-refractivity contribution in [1.29, 1.82) is 0 Å². The third-order valence-corrected chi connectivity index (χ3v) is 2.28. The van der Waals surface area contributed by atoms with E-state index in [4.69, 9.17) is 22.1 Å². The van der Waals surface area contributed by atoms with Gasteiger partial charge >= 0.3 is 0 Å². The summed E-state index contributed by atoms with van der Waals surface area (Å²) in [5.41, 5.74) is 6.13. The first-order valence-electron chi connectivity index (χ1n) is 4.73. The molecule has 0 atom stereocenters. The lowest BCUT2D eigenvalue weighted by Gasteiger charge is -2.08. The molecule has 1 aromatic carbocycles. The van der Waals surface area contributed by atoms with E-state index < -0.39 is 0 Å². The highest BCUT2D eigenvalue weighted by molar-refractivity contribution is 6.32. The minimum Gasteiger partial charge on any atom is -0.436 e. The van der Waals surface area contributed by atoms with E-state index in [1.807, 2.05) is 12.1 Å². The van der Waals surface area contributed by atoms with Gasteiger partial charge in [0.25, 0.3) is 0 Å². The van der Waals surface area contributed by atoms with Crippen molar-refractivity contribution in [2.24, 2.45) is 5.73 Å². The molecule has 1 heterocycles. The minimum absolute atomic E-state index is 0.271. The van der Waals surface area contributed by atoms with Crippen molar-refractivity contribution < 1.29 is 4.74 Å². The van der Waals surface area contributed by atoms with Crippen LogP contribution in [-0.4, -0.2) is 9.97 Å². The van der Waals surface area contributed by atoms with Gasteiger partial charge in [0.1, 0.15) is 11.4 Å². The van der Waals surface area contributed by atoms with Crippen LogP contribution < -0.4 is 10.5 Å². The van der Waals surface area contributed by atoms with Crippen molar-refractivity contribution in [2.75, 3.05) is 0 Å². The van der Waals surface area contributed by atoms with E-state index in [0.717, 1.165) is 0 Å². The first-order valence-corrected chi connectivity index (χ1v) is 5.11. The third-order valence-electron chi connectivity index (χ3n) is 1.97. The van der Waals surface area contributed by atoms with Gasteiger partial charge in [-0.1, -0.05) is 23.7 Å². The molecule has 0 aliphatic carbocycles. The molecular formula is C11H10ClN3O. The standard InChI is InChI=1S/C11H10ClN3O/c12-8-3-1-2-4-10(8)16-11-9(7-13)14-5-6-15-11/h1-6H,7,13H2. The normalized spacial score (nSPS) is 10.1. The largest absolute Gasteiger partial charge is 0.436 e. The Balaban J connectivity index is 2.30. The fourth-order valence-electron chi connectivity index (χ4n) is 1.21. The van der Waals surface area contributed by atoms with Crippen LogP contribution in [0.1, 0.15) is 5.69 Å². The molecule has 0 aliphatic rings. The zero-order valence-corrected chi connectivity index (χ0v) is 9.19. The summed E-state index contributed by atoms with van der Waals surface area (Å²) in [5.74, 6) is 0.928. The molecule has 2 rings (SSSR count). The summed E-state index contributed by atoms with van der Waals surface area (Å²) >= 11 is 5.97. The lowest BCUT2D eigenvalue weighted by atomic mass is 10.3. The zero-order valence-electron chi connectivity index (χ0n) is 8.43. The molecule has 0 bridgehead atoms. The van der Waals surface area contributed by atoms with Gasteiger partial charge in [0.15, 0.2) is 0 Å². The number of rotatable bonds is 3. The average molecular weight is 236 g/mol. The van der Waals surface area contributed by atoms with Crippen LogP contribution in [0.4, 0.5) is 0 Å². The van der Waals surface area contributed by atoms with Gasteiger partial charge in [-0.25, -0.2) is 4.98 Å². The van der Waals surface area contributed by atoms with Gasteiger partial charge in [0.2, 0.25) is 5.88 Å². The van der Waals surface area contributed by atoms with Crippen molar-refractivity contribution in [3.05, 3.63) is 47.4 Å². The molecule has 4 nitrogen and oxygen atoms in total.